The number of alkyl halides is 1. The first-order valence-electron chi connectivity index (χ1n) is 6.16. The van der Waals surface area contributed by atoms with Crippen LogP contribution in [-0.2, 0) is 9.53 Å². The number of carbonyl (C=O) groups excluding carboxylic acids is 1. The largest absolute Gasteiger partial charge is 0.466 e. The summed E-state index contributed by atoms with van der Waals surface area (Å²) in [5.74, 6) is -0.423. The van der Waals surface area contributed by atoms with E-state index in [0.29, 0.717) is 6.61 Å². The molecule has 0 aliphatic heterocycles. The molecule has 96 valence electrons. The van der Waals surface area contributed by atoms with E-state index in [1.807, 2.05) is 31.2 Å². The molecule has 0 N–H and O–H groups in total. The molecular formula is C14H16ClNO2. The standard InChI is InChI=1S/C14H16ClNO2/c1-2-18-14(17)11-7-6-10(15)9-12(11)13-5-3-4-8-16-13/h3-5,8-11H,2,6-7H2,1H3. The van der Waals surface area contributed by atoms with Gasteiger partial charge in [0.25, 0.3) is 0 Å². The Labute approximate surface area is 112 Å². The fraction of sp³-hybridized carbons (Fsp3) is 0.429. The lowest BCUT2D eigenvalue weighted by atomic mass is 9.85. The second kappa shape index (κ2) is 6.01. The van der Waals surface area contributed by atoms with Crippen LogP contribution >= 0.6 is 11.6 Å². The van der Waals surface area contributed by atoms with Gasteiger partial charge in [0.15, 0.2) is 0 Å². The number of ether oxygens (including phenoxy) is 1. The molecule has 1 aromatic heterocycles. The molecule has 1 aliphatic carbocycles. The van der Waals surface area contributed by atoms with Crippen LogP contribution in [0.3, 0.4) is 0 Å². The molecule has 3 nitrogen and oxygen atoms in total. The number of allylic oxidation sites excluding steroid dienone is 1. The smallest absolute Gasteiger partial charge is 0.313 e. The molecule has 0 aromatic carbocycles. The third kappa shape index (κ3) is 2.91. The van der Waals surface area contributed by atoms with Gasteiger partial charge in [-0.2, -0.15) is 0 Å². The van der Waals surface area contributed by atoms with Gasteiger partial charge in [0.05, 0.1) is 23.6 Å². The van der Waals surface area contributed by atoms with Crippen molar-refractivity contribution < 1.29 is 9.53 Å². The van der Waals surface area contributed by atoms with E-state index in [-0.39, 0.29) is 17.3 Å². The summed E-state index contributed by atoms with van der Waals surface area (Å²) < 4.78 is 5.12. The predicted molar refractivity (Wildman–Crippen MR) is 71.2 cm³/mol. The lowest BCUT2D eigenvalue weighted by Crippen LogP contribution is -2.24. The van der Waals surface area contributed by atoms with Gasteiger partial charge in [0, 0.05) is 6.20 Å². The van der Waals surface area contributed by atoms with E-state index in [4.69, 9.17) is 16.3 Å². The maximum absolute atomic E-state index is 12.0. The van der Waals surface area contributed by atoms with E-state index < -0.39 is 0 Å². The Morgan fingerprint density at radius 2 is 2.33 bits per heavy atom. The van der Waals surface area contributed by atoms with Crippen LogP contribution in [0.15, 0.2) is 30.5 Å². The number of hydrogen-bond acceptors (Lipinski definition) is 3. The molecule has 2 unspecified atom stereocenters. The van der Waals surface area contributed by atoms with Gasteiger partial charge in [-0.1, -0.05) is 12.1 Å². The van der Waals surface area contributed by atoms with Crippen LogP contribution in [-0.4, -0.2) is 22.9 Å². The van der Waals surface area contributed by atoms with Crippen molar-refractivity contribution in [2.24, 2.45) is 5.92 Å². The molecule has 4 heteroatoms. The Balaban J connectivity index is 2.30. The quantitative estimate of drug-likeness (QED) is 0.623. The number of halogens is 1. The minimum atomic E-state index is -0.241. The highest BCUT2D eigenvalue weighted by atomic mass is 35.5. The molecule has 1 aromatic rings. The summed E-state index contributed by atoms with van der Waals surface area (Å²) >= 11 is 6.15. The first-order valence-corrected chi connectivity index (χ1v) is 6.60. The summed E-state index contributed by atoms with van der Waals surface area (Å²) in [6, 6.07) is 5.65. The highest BCUT2D eigenvalue weighted by Crippen LogP contribution is 2.34. The number of aromatic nitrogens is 1. The molecule has 0 amide bonds. The highest BCUT2D eigenvalue weighted by molar-refractivity contribution is 6.22. The molecule has 0 bridgehead atoms. The minimum Gasteiger partial charge on any atom is -0.466 e. The fourth-order valence-corrected chi connectivity index (χ4v) is 2.42. The van der Waals surface area contributed by atoms with Gasteiger partial charge in [-0.25, -0.2) is 0 Å². The summed E-state index contributed by atoms with van der Waals surface area (Å²) in [5.41, 5.74) is 1.70. The van der Waals surface area contributed by atoms with Crippen LogP contribution in [0.2, 0.25) is 0 Å². The first-order chi connectivity index (χ1) is 8.72. The molecule has 0 radical (unpaired) electrons. The highest BCUT2D eigenvalue weighted by Gasteiger charge is 2.30. The summed E-state index contributed by atoms with van der Waals surface area (Å²) in [6.07, 6.45) is 5.15. The summed E-state index contributed by atoms with van der Waals surface area (Å²) in [6.45, 7) is 2.21. The molecule has 1 heterocycles. The van der Waals surface area contributed by atoms with Gasteiger partial charge in [-0.05, 0) is 37.5 Å². The average molecular weight is 266 g/mol. The van der Waals surface area contributed by atoms with Crippen molar-refractivity contribution in [3.05, 3.63) is 36.2 Å². The molecule has 0 saturated carbocycles. The minimum absolute atomic E-state index is 0.0346. The van der Waals surface area contributed by atoms with E-state index in [1.165, 1.54) is 0 Å². The topological polar surface area (TPSA) is 39.2 Å². The van der Waals surface area contributed by atoms with Crippen molar-refractivity contribution in [2.45, 2.75) is 25.1 Å². The van der Waals surface area contributed by atoms with Gasteiger partial charge in [0.1, 0.15) is 0 Å². The summed E-state index contributed by atoms with van der Waals surface area (Å²) in [4.78, 5) is 16.2. The van der Waals surface area contributed by atoms with E-state index in [2.05, 4.69) is 4.98 Å². The van der Waals surface area contributed by atoms with Crippen molar-refractivity contribution in [1.82, 2.24) is 4.98 Å². The lowest BCUT2D eigenvalue weighted by molar-refractivity contribution is -0.146. The van der Waals surface area contributed by atoms with Crippen molar-refractivity contribution in [1.29, 1.82) is 0 Å². The second-order valence-electron chi connectivity index (χ2n) is 4.23. The van der Waals surface area contributed by atoms with Crippen molar-refractivity contribution in [3.63, 3.8) is 0 Å². The van der Waals surface area contributed by atoms with E-state index in [9.17, 15) is 4.79 Å². The van der Waals surface area contributed by atoms with Gasteiger partial charge in [-0.15, -0.1) is 11.6 Å². The molecule has 2 rings (SSSR count). The van der Waals surface area contributed by atoms with Crippen molar-refractivity contribution >= 4 is 23.1 Å². The van der Waals surface area contributed by atoms with Crippen LogP contribution in [0.4, 0.5) is 0 Å². The monoisotopic (exact) mass is 265 g/mol. The molecular weight excluding hydrogens is 250 g/mol. The molecule has 2 atom stereocenters. The molecule has 0 fully saturated rings. The second-order valence-corrected chi connectivity index (χ2v) is 4.80. The Bertz CT molecular complexity index is 444. The molecule has 1 aliphatic rings. The fourth-order valence-electron chi connectivity index (χ4n) is 2.16. The number of hydrogen-bond donors (Lipinski definition) is 0. The number of pyridine rings is 1. The predicted octanol–water partition coefficient (Wildman–Crippen LogP) is 3.05. The molecule has 0 saturated heterocycles. The SMILES string of the molecule is CCOC(=O)C1CCC(Cl)C=C1c1ccccn1. The maximum atomic E-state index is 12.0. The third-order valence-corrected chi connectivity index (χ3v) is 3.34. The van der Waals surface area contributed by atoms with Crippen LogP contribution in [0.25, 0.3) is 5.57 Å². The Hall–Kier alpha value is -1.35. The average Bonchev–Trinajstić information content (AvgIpc) is 2.40. The van der Waals surface area contributed by atoms with Crippen molar-refractivity contribution in [3.8, 4) is 0 Å². The van der Waals surface area contributed by atoms with Crippen LogP contribution in [0.5, 0.6) is 0 Å². The van der Waals surface area contributed by atoms with E-state index in [1.54, 1.807) is 6.20 Å². The van der Waals surface area contributed by atoms with Crippen LogP contribution < -0.4 is 0 Å². The van der Waals surface area contributed by atoms with Gasteiger partial charge in [-0.3, -0.25) is 9.78 Å². The zero-order valence-corrected chi connectivity index (χ0v) is 11.1. The zero-order valence-electron chi connectivity index (χ0n) is 10.3. The van der Waals surface area contributed by atoms with E-state index in [0.717, 1.165) is 24.1 Å². The zero-order chi connectivity index (χ0) is 13.0. The number of rotatable bonds is 3. The Morgan fingerprint density at radius 3 is 3.00 bits per heavy atom. The molecule has 0 spiro atoms. The first kappa shape index (κ1) is 13.1. The normalized spacial score (nSPS) is 23.3. The van der Waals surface area contributed by atoms with E-state index >= 15 is 0 Å². The Morgan fingerprint density at radius 1 is 1.50 bits per heavy atom. The van der Waals surface area contributed by atoms with Crippen molar-refractivity contribution in [2.75, 3.05) is 6.61 Å². The summed E-state index contributed by atoms with van der Waals surface area (Å²) in [7, 11) is 0. The van der Waals surface area contributed by atoms with Gasteiger partial charge < -0.3 is 4.74 Å². The number of carbonyl (C=O) groups is 1. The van der Waals surface area contributed by atoms with Gasteiger partial charge in [0.2, 0.25) is 0 Å². The maximum Gasteiger partial charge on any atom is 0.313 e. The number of nitrogens with zero attached hydrogens (tertiary/aromatic N) is 1. The van der Waals surface area contributed by atoms with Crippen LogP contribution in [0.1, 0.15) is 25.5 Å². The molecule has 18 heavy (non-hydrogen) atoms. The lowest BCUT2D eigenvalue weighted by Gasteiger charge is -2.24. The Kier molecular flexibility index (Phi) is 4.37. The van der Waals surface area contributed by atoms with Crippen LogP contribution in [0, 0.1) is 5.92 Å². The summed E-state index contributed by atoms with van der Waals surface area (Å²) in [5, 5.41) is -0.0346. The van der Waals surface area contributed by atoms with Gasteiger partial charge >= 0.3 is 5.97 Å². The third-order valence-electron chi connectivity index (χ3n) is 3.00. The number of esters is 1.